The van der Waals surface area contributed by atoms with Gasteiger partial charge in [-0.05, 0) is 70.6 Å². The Morgan fingerprint density at radius 1 is 0.553 bits per heavy atom. The minimum Gasteiger partial charge on any atom is -0.462 e. The minimum atomic E-state index is -4.76. The Kier molecular flexibility index (Phi) is 32.5. The van der Waals surface area contributed by atoms with Gasteiger partial charge >= 0.3 is 19.8 Å². The molecular formula is C38H67O8P. The maximum atomic E-state index is 12.3. The molecule has 0 aromatic heterocycles. The SMILES string of the molecule is CCC/C=C\C/C=C\CCCCCCCC(=O)OCC(COP(=O)(O)O)OC(=O)CCCCCCC/C=C\C/C=C\CCCCCC. The van der Waals surface area contributed by atoms with Crippen molar-refractivity contribution in [1.29, 1.82) is 0 Å². The Labute approximate surface area is 286 Å². The van der Waals surface area contributed by atoms with Crippen LogP contribution in [0, 0.1) is 0 Å². The van der Waals surface area contributed by atoms with Crippen LogP contribution in [-0.4, -0.2) is 41.0 Å². The van der Waals surface area contributed by atoms with Gasteiger partial charge in [-0.2, -0.15) is 0 Å². The van der Waals surface area contributed by atoms with Gasteiger partial charge in [0.25, 0.3) is 0 Å². The Hall–Kier alpha value is -1.99. The number of ether oxygens (including phenoxy) is 2. The van der Waals surface area contributed by atoms with Crippen molar-refractivity contribution in [2.45, 2.75) is 168 Å². The van der Waals surface area contributed by atoms with E-state index in [1.54, 1.807) is 0 Å². The number of hydrogen-bond acceptors (Lipinski definition) is 6. The van der Waals surface area contributed by atoms with E-state index < -0.39 is 32.5 Å². The van der Waals surface area contributed by atoms with E-state index in [1.807, 2.05) is 0 Å². The molecule has 0 rings (SSSR count). The number of unbranched alkanes of at least 4 members (excludes halogenated alkanes) is 15. The predicted octanol–water partition coefficient (Wildman–Crippen LogP) is 10.8. The summed E-state index contributed by atoms with van der Waals surface area (Å²) in [7, 11) is -4.76. The van der Waals surface area contributed by atoms with Crippen LogP contribution >= 0.6 is 7.82 Å². The van der Waals surface area contributed by atoms with Crippen molar-refractivity contribution in [1.82, 2.24) is 0 Å². The Bertz CT molecular complexity index is 905. The third-order valence-electron chi connectivity index (χ3n) is 7.55. The van der Waals surface area contributed by atoms with E-state index in [1.165, 1.54) is 38.5 Å². The van der Waals surface area contributed by atoms with E-state index in [-0.39, 0.29) is 19.4 Å². The average Bonchev–Trinajstić information content (AvgIpc) is 3.03. The molecule has 2 N–H and O–H groups in total. The molecule has 0 aromatic rings. The molecule has 1 atom stereocenters. The largest absolute Gasteiger partial charge is 0.469 e. The van der Waals surface area contributed by atoms with Gasteiger partial charge < -0.3 is 19.3 Å². The summed E-state index contributed by atoms with van der Waals surface area (Å²) < 4.78 is 26.3. The molecule has 0 aliphatic rings. The average molecular weight is 683 g/mol. The summed E-state index contributed by atoms with van der Waals surface area (Å²) in [4.78, 5) is 42.6. The van der Waals surface area contributed by atoms with E-state index in [0.717, 1.165) is 83.5 Å². The van der Waals surface area contributed by atoms with Crippen molar-refractivity contribution in [2.24, 2.45) is 0 Å². The zero-order valence-electron chi connectivity index (χ0n) is 29.7. The molecule has 0 fully saturated rings. The second-order valence-electron chi connectivity index (χ2n) is 12.2. The molecule has 1 unspecified atom stereocenters. The van der Waals surface area contributed by atoms with Gasteiger partial charge in [0.05, 0.1) is 6.61 Å². The number of allylic oxidation sites excluding steroid dienone is 8. The van der Waals surface area contributed by atoms with E-state index in [0.29, 0.717) is 12.8 Å². The third-order valence-corrected chi connectivity index (χ3v) is 8.04. The molecule has 0 aliphatic heterocycles. The summed E-state index contributed by atoms with van der Waals surface area (Å²) in [5.74, 6) is -0.921. The second-order valence-corrected chi connectivity index (χ2v) is 13.4. The summed E-state index contributed by atoms with van der Waals surface area (Å²) in [6.07, 6.45) is 39.7. The number of carbonyl (C=O) groups excluding carboxylic acids is 2. The van der Waals surface area contributed by atoms with Crippen LogP contribution in [-0.2, 0) is 28.2 Å². The highest BCUT2D eigenvalue weighted by atomic mass is 31.2. The van der Waals surface area contributed by atoms with Gasteiger partial charge in [-0.1, -0.05) is 127 Å². The molecular weight excluding hydrogens is 615 g/mol. The molecule has 0 aromatic carbocycles. The highest BCUT2D eigenvalue weighted by Crippen LogP contribution is 2.36. The second kappa shape index (κ2) is 33.9. The van der Waals surface area contributed by atoms with Crippen LogP contribution < -0.4 is 0 Å². The lowest BCUT2D eigenvalue weighted by Crippen LogP contribution is -2.29. The maximum absolute atomic E-state index is 12.3. The van der Waals surface area contributed by atoms with Crippen molar-refractivity contribution >= 4 is 19.8 Å². The topological polar surface area (TPSA) is 119 Å². The van der Waals surface area contributed by atoms with Crippen LogP contribution in [0.2, 0.25) is 0 Å². The molecule has 9 heteroatoms. The summed E-state index contributed by atoms with van der Waals surface area (Å²) >= 11 is 0. The van der Waals surface area contributed by atoms with Crippen LogP contribution in [0.25, 0.3) is 0 Å². The van der Waals surface area contributed by atoms with Crippen LogP contribution in [0.3, 0.4) is 0 Å². The fourth-order valence-corrected chi connectivity index (χ4v) is 5.15. The number of esters is 2. The van der Waals surface area contributed by atoms with Crippen molar-refractivity contribution < 1.29 is 37.9 Å². The standard InChI is InChI=1S/C38H67O8P/c1-3-5-7-9-11-13-15-17-18-19-21-23-25-27-29-31-33-38(40)46-36(35-45-47(41,42)43)34-44-37(39)32-30-28-26-24-22-20-16-14-12-10-8-6-4-2/h8,10,13-16,18-19,36H,3-7,9,11-12,17,20-35H2,1-2H3,(H2,41,42,43)/b10-8-,15-13-,16-14-,19-18-. The lowest BCUT2D eigenvalue weighted by atomic mass is 10.1. The first-order valence-electron chi connectivity index (χ1n) is 18.4. The van der Waals surface area contributed by atoms with Gasteiger partial charge in [-0.25, -0.2) is 4.57 Å². The van der Waals surface area contributed by atoms with Gasteiger partial charge in [0.1, 0.15) is 6.61 Å². The Balaban J connectivity index is 4.03. The molecule has 272 valence electrons. The van der Waals surface area contributed by atoms with Crippen molar-refractivity contribution in [3.05, 3.63) is 48.6 Å². The third kappa shape index (κ3) is 36.7. The van der Waals surface area contributed by atoms with Crippen molar-refractivity contribution in [3.8, 4) is 0 Å². The number of carbonyl (C=O) groups is 2. The zero-order chi connectivity index (χ0) is 34.7. The molecule has 0 bridgehead atoms. The van der Waals surface area contributed by atoms with Gasteiger partial charge in [0, 0.05) is 12.8 Å². The number of phosphoric ester groups is 1. The summed E-state index contributed by atoms with van der Waals surface area (Å²) in [5.41, 5.74) is 0. The van der Waals surface area contributed by atoms with Crippen molar-refractivity contribution in [2.75, 3.05) is 13.2 Å². The van der Waals surface area contributed by atoms with Crippen molar-refractivity contribution in [3.63, 3.8) is 0 Å². The van der Waals surface area contributed by atoms with Crippen LogP contribution in [0.15, 0.2) is 48.6 Å². The first kappa shape index (κ1) is 45.0. The molecule has 0 saturated carbocycles. The van der Waals surface area contributed by atoms with Gasteiger partial charge in [0.15, 0.2) is 6.10 Å². The lowest BCUT2D eigenvalue weighted by Gasteiger charge is -2.18. The normalized spacial score (nSPS) is 13.0. The van der Waals surface area contributed by atoms with E-state index in [9.17, 15) is 14.2 Å². The highest BCUT2D eigenvalue weighted by molar-refractivity contribution is 7.46. The molecule has 0 saturated heterocycles. The fraction of sp³-hybridized carbons (Fsp3) is 0.737. The predicted molar refractivity (Wildman–Crippen MR) is 193 cm³/mol. The van der Waals surface area contributed by atoms with Crippen LogP contribution in [0.1, 0.15) is 162 Å². The molecule has 0 heterocycles. The highest BCUT2D eigenvalue weighted by Gasteiger charge is 2.22. The monoisotopic (exact) mass is 682 g/mol. The fourth-order valence-electron chi connectivity index (χ4n) is 4.79. The number of hydrogen-bond donors (Lipinski definition) is 2. The van der Waals surface area contributed by atoms with E-state index in [2.05, 4.69) is 67.0 Å². The summed E-state index contributed by atoms with van der Waals surface area (Å²) in [6, 6.07) is 0. The summed E-state index contributed by atoms with van der Waals surface area (Å²) in [6.45, 7) is 3.56. The molecule has 0 amide bonds. The smallest absolute Gasteiger partial charge is 0.462 e. The maximum Gasteiger partial charge on any atom is 0.469 e. The van der Waals surface area contributed by atoms with Crippen LogP contribution in [0.4, 0.5) is 0 Å². The summed E-state index contributed by atoms with van der Waals surface area (Å²) in [5, 5.41) is 0. The Morgan fingerprint density at radius 3 is 1.49 bits per heavy atom. The van der Waals surface area contributed by atoms with Crippen LogP contribution in [0.5, 0.6) is 0 Å². The van der Waals surface area contributed by atoms with E-state index >= 15 is 0 Å². The first-order chi connectivity index (χ1) is 22.8. The molecule has 0 radical (unpaired) electrons. The molecule has 0 aliphatic carbocycles. The minimum absolute atomic E-state index is 0.191. The first-order valence-corrected chi connectivity index (χ1v) is 20.0. The van der Waals surface area contributed by atoms with Gasteiger partial charge in [-0.15, -0.1) is 0 Å². The van der Waals surface area contributed by atoms with Gasteiger partial charge in [0.2, 0.25) is 0 Å². The molecule has 0 spiro atoms. The number of phosphoric acid groups is 1. The van der Waals surface area contributed by atoms with E-state index in [4.69, 9.17) is 19.3 Å². The lowest BCUT2D eigenvalue weighted by molar-refractivity contribution is -0.161. The van der Waals surface area contributed by atoms with Gasteiger partial charge in [-0.3, -0.25) is 14.1 Å². The molecule has 47 heavy (non-hydrogen) atoms. The Morgan fingerprint density at radius 2 is 1.00 bits per heavy atom. The molecule has 8 nitrogen and oxygen atoms in total. The zero-order valence-corrected chi connectivity index (χ0v) is 30.6. The quantitative estimate of drug-likeness (QED) is 0.0304. The number of rotatable bonds is 33.